The van der Waals surface area contributed by atoms with Gasteiger partial charge in [0.25, 0.3) is 0 Å². The van der Waals surface area contributed by atoms with Crippen molar-refractivity contribution < 1.29 is 4.39 Å². The third-order valence-corrected chi connectivity index (χ3v) is 1.79. The molecule has 0 aromatic heterocycles. The van der Waals surface area contributed by atoms with E-state index in [1.54, 1.807) is 0 Å². The standard InChI is InChI=1S/C6H13FN2/c1-9-3-2-6(8)5(7)4-9/h5-6H,2-4,8H2,1H3/t5-,6+/m0/s1. The Labute approximate surface area is 54.8 Å². The van der Waals surface area contributed by atoms with Crippen LogP contribution in [0.3, 0.4) is 0 Å². The number of alkyl halides is 1. The first-order valence-corrected chi connectivity index (χ1v) is 3.28. The van der Waals surface area contributed by atoms with Gasteiger partial charge in [0, 0.05) is 12.6 Å². The Morgan fingerprint density at radius 3 is 2.78 bits per heavy atom. The first-order valence-electron chi connectivity index (χ1n) is 3.28. The van der Waals surface area contributed by atoms with Crippen molar-refractivity contribution in [3.63, 3.8) is 0 Å². The smallest absolute Gasteiger partial charge is 0.128 e. The molecule has 0 bridgehead atoms. The molecule has 1 fully saturated rings. The Morgan fingerprint density at radius 1 is 1.67 bits per heavy atom. The molecule has 1 rings (SSSR count). The molecule has 54 valence electrons. The zero-order valence-corrected chi connectivity index (χ0v) is 5.68. The van der Waals surface area contributed by atoms with Crippen LogP contribution in [-0.2, 0) is 0 Å². The lowest BCUT2D eigenvalue weighted by Gasteiger charge is -2.29. The molecule has 1 aliphatic rings. The predicted molar refractivity (Wildman–Crippen MR) is 35.0 cm³/mol. The Hall–Kier alpha value is -0.150. The fourth-order valence-corrected chi connectivity index (χ4v) is 1.07. The zero-order valence-electron chi connectivity index (χ0n) is 5.68. The van der Waals surface area contributed by atoms with Crippen molar-refractivity contribution in [1.29, 1.82) is 0 Å². The number of rotatable bonds is 0. The molecule has 0 aliphatic carbocycles. The first kappa shape index (κ1) is 6.96. The van der Waals surface area contributed by atoms with Gasteiger partial charge >= 0.3 is 0 Å². The lowest BCUT2D eigenvalue weighted by atomic mass is 10.1. The normalized spacial score (nSPS) is 39.0. The van der Waals surface area contributed by atoms with E-state index in [0.717, 1.165) is 13.0 Å². The van der Waals surface area contributed by atoms with E-state index < -0.39 is 6.17 Å². The van der Waals surface area contributed by atoms with Crippen molar-refractivity contribution in [2.75, 3.05) is 20.1 Å². The Bertz CT molecular complexity index is 97.1. The molecule has 0 saturated carbocycles. The molecule has 1 saturated heterocycles. The zero-order chi connectivity index (χ0) is 6.85. The second-order valence-corrected chi connectivity index (χ2v) is 2.73. The van der Waals surface area contributed by atoms with Gasteiger partial charge in [0.2, 0.25) is 0 Å². The number of piperidine rings is 1. The molecule has 0 radical (unpaired) electrons. The largest absolute Gasteiger partial charge is 0.325 e. The van der Waals surface area contributed by atoms with Crippen LogP contribution in [0, 0.1) is 0 Å². The molecular formula is C6H13FN2. The van der Waals surface area contributed by atoms with E-state index >= 15 is 0 Å². The minimum Gasteiger partial charge on any atom is -0.325 e. The van der Waals surface area contributed by atoms with E-state index in [-0.39, 0.29) is 6.04 Å². The summed E-state index contributed by atoms with van der Waals surface area (Å²) in [5, 5.41) is 0. The first-order chi connectivity index (χ1) is 4.20. The van der Waals surface area contributed by atoms with Gasteiger partial charge in [-0.05, 0) is 20.0 Å². The summed E-state index contributed by atoms with van der Waals surface area (Å²) < 4.78 is 12.7. The molecule has 1 aliphatic heterocycles. The van der Waals surface area contributed by atoms with E-state index in [9.17, 15) is 4.39 Å². The highest BCUT2D eigenvalue weighted by molar-refractivity contribution is 4.80. The van der Waals surface area contributed by atoms with E-state index in [1.165, 1.54) is 0 Å². The molecule has 0 unspecified atom stereocenters. The van der Waals surface area contributed by atoms with E-state index in [0.29, 0.717) is 6.54 Å². The molecule has 2 atom stereocenters. The number of halogens is 1. The van der Waals surface area contributed by atoms with Gasteiger partial charge in [0.15, 0.2) is 0 Å². The van der Waals surface area contributed by atoms with Crippen LogP contribution in [0.25, 0.3) is 0 Å². The van der Waals surface area contributed by atoms with E-state index in [1.807, 2.05) is 11.9 Å². The van der Waals surface area contributed by atoms with Crippen LogP contribution in [0.4, 0.5) is 4.39 Å². The maximum atomic E-state index is 12.7. The number of hydrogen-bond acceptors (Lipinski definition) is 2. The van der Waals surface area contributed by atoms with Crippen molar-refractivity contribution in [1.82, 2.24) is 4.90 Å². The third kappa shape index (κ3) is 1.63. The summed E-state index contributed by atoms with van der Waals surface area (Å²) in [5.74, 6) is 0. The van der Waals surface area contributed by atoms with Gasteiger partial charge in [0.1, 0.15) is 6.17 Å². The molecule has 0 aromatic rings. The molecular weight excluding hydrogens is 119 g/mol. The monoisotopic (exact) mass is 132 g/mol. The van der Waals surface area contributed by atoms with Gasteiger partial charge in [-0.3, -0.25) is 0 Å². The minimum atomic E-state index is -0.816. The lowest BCUT2D eigenvalue weighted by molar-refractivity contribution is 0.141. The van der Waals surface area contributed by atoms with Crippen LogP contribution in [-0.4, -0.2) is 37.3 Å². The van der Waals surface area contributed by atoms with Crippen LogP contribution in [0.1, 0.15) is 6.42 Å². The third-order valence-electron chi connectivity index (χ3n) is 1.79. The van der Waals surface area contributed by atoms with Crippen LogP contribution >= 0.6 is 0 Å². The molecule has 0 amide bonds. The van der Waals surface area contributed by atoms with Gasteiger partial charge in [-0.25, -0.2) is 4.39 Å². The van der Waals surface area contributed by atoms with Gasteiger partial charge in [-0.15, -0.1) is 0 Å². The van der Waals surface area contributed by atoms with Crippen molar-refractivity contribution in [3.8, 4) is 0 Å². The highest BCUT2D eigenvalue weighted by atomic mass is 19.1. The number of nitrogens with two attached hydrogens (primary N) is 1. The molecule has 0 aromatic carbocycles. The van der Waals surface area contributed by atoms with Crippen LogP contribution < -0.4 is 5.73 Å². The molecule has 1 heterocycles. The second kappa shape index (κ2) is 2.62. The summed E-state index contributed by atoms with van der Waals surface area (Å²) >= 11 is 0. The average molecular weight is 132 g/mol. The van der Waals surface area contributed by atoms with E-state index in [4.69, 9.17) is 5.73 Å². The van der Waals surface area contributed by atoms with Gasteiger partial charge in [-0.2, -0.15) is 0 Å². The highest BCUT2D eigenvalue weighted by Gasteiger charge is 2.23. The van der Waals surface area contributed by atoms with E-state index in [2.05, 4.69) is 0 Å². The molecule has 9 heavy (non-hydrogen) atoms. The van der Waals surface area contributed by atoms with Crippen molar-refractivity contribution in [2.45, 2.75) is 18.6 Å². The molecule has 0 spiro atoms. The summed E-state index contributed by atoms with van der Waals surface area (Å²) in [6.07, 6.45) is -0.0266. The SMILES string of the molecule is CN1CC[C@@H](N)[C@@H](F)C1. The maximum Gasteiger partial charge on any atom is 0.128 e. The number of likely N-dealkylation sites (tertiary alicyclic amines) is 1. The summed E-state index contributed by atoms with van der Waals surface area (Å²) in [6, 6.07) is -0.221. The van der Waals surface area contributed by atoms with Gasteiger partial charge in [-0.1, -0.05) is 0 Å². The fourth-order valence-electron chi connectivity index (χ4n) is 1.07. The summed E-state index contributed by atoms with van der Waals surface area (Å²) in [4.78, 5) is 1.97. The lowest BCUT2D eigenvalue weighted by Crippen LogP contribution is -2.46. The Kier molecular flexibility index (Phi) is 2.03. The topological polar surface area (TPSA) is 29.3 Å². The van der Waals surface area contributed by atoms with Gasteiger partial charge in [0.05, 0.1) is 0 Å². The second-order valence-electron chi connectivity index (χ2n) is 2.73. The number of hydrogen-bond donors (Lipinski definition) is 1. The summed E-state index contributed by atoms with van der Waals surface area (Å²) in [7, 11) is 1.92. The fraction of sp³-hybridized carbons (Fsp3) is 1.00. The summed E-state index contributed by atoms with van der Waals surface area (Å²) in [5.41, 5.74) is 5.44. The Morgan fingerprint density at radius 2 is 2.33 bits per heavy atom. The molecule has 2 nitrogen and oxygen atoms in total. The highest BCUT2D eigenvalue weighted by Crippen LogP contribution is 2.09. The van der Waals surface area contributed by atoms with Crippen LogP contribution in [0.2, 0.25) is 0 Å². The Balaban J connectivity index is 2.35. The minimum absolute atomic E-state index is 0.221. The molecule has 3 heteroatoms. The quantitative estimate of drug-likeness (QED) is 0.502. The molecule has 2 N–H and O–H groups in total. The summed E-state index contributed by atoms with van der Waals surface area (Å²) in [6.45, 7) is 1.43. The van der Waals surface area contributed by atoms with Gasteiger partial charge < -0.3 is 10.6 Å². The average Bonchev–Trinajstić information content (AvgIpc) is 1.80. The van der Waals surface area contributed by atoms with Crippen molar-refractivity contribution >= 4 is 0 Å². The van der Waals surface area contributed by atoms with Crippen molar-refractivity contribution in [3.05, 3.63) is 0 Å². The maximum absolute atomic E-state index is 12.7. The number of nitrogens with zero attached hydrogens (tertiary/aromatic N) is 1. The van der Waals surface area contributed by atoms with Crippen LogP contribution in [0.5, 0.6) is 0 Å². The predicted octanol–water partition coefficient (Wildman–Crippen LogP) is -0.0127. The van der Waals surface area contributed by atoms with Crippen LogP contribution in [0.15, 0.2) is 0 Å². The van der Waals surface area contributed by atoms with Crippen molar-refractivity contribution in [2.24, 2.45) is 5.73 Å².